The number of ketones is 1. The van der Waals surface area contributed by atoms with Crippen LogP contribution in [0.3, 0.4) is 0 Å². The van der Waals surface area contributed by atoms with Gasteiger partial charge in [0.05, 0.1) is 0 Å². The third-order valence-electron chi connectivity index (χ3n) is 3.42. The van der Waals surface area contributed by atoms with Crippen molar-refractivity contribution in [1.82, 2.24) is 0 Å². The summed E-state index contributed by atoms with van der Waals surface area (Å²) in [5.74, 6) is -2.62. The highest BCUT2D eigenvalue weighted by Gasteiger charge is 2.17. The molecule has 0 spiro atoms. The van der Waals surface area contributed by atoms with Crippen LogP contribution >= 0.6 is 0 Å². The minimum Gasteiger partial charge on any atom is -0.492 e. The van der Waals surface area contributed by atoms with E-state index in [1.54, 1.807) is 6.07 Å². The average Bonchev–Trinajstić information content (AvgIpc) is 2.61. The van der Waals surface area contributed by atoms with E-state index in [1.807, 2.05) is 31.2 Å². The minimum absolute atomic E-state index is 0.181. The zero-order valence-corrected chi connectivity index (χ0v) is 14.4. The van der Waals surface area contributed by atoms with E-state index in [2.05, 4.69) is 5.32 Å². The molecule has 2 aromatic carbocycles. The molecule has 0 radical (unpaired) electrons. The van der Waals surface area contributed by atoms with Gasteiger partial charge >= 0.3 is 11.9 Å². The molecule has 2 aromatic rings. The van der Waals surface area contributed by atoms with E-state index in [-0.39, 0.29) is 11.3 Å². The number of carbonyl (C=O) groups is 3. The van der Waals surface area contributed by atoms with Crippen LogP contribution < -0.4 is 14.8 Å². The summed E-state index contributed by atoms with van der Waals surface area (Å²) in [6.07, 6.45) is 0. The summed E-state index contributed by atoms with van der Waals surface area (Å²) in [5, 5.41) is 12.3. The monoisotopic (exact) mass is 357 g/mol. The number of hydrogen-bond acceptors (Lipinski definition) is 6. The third kappa shape index (κ3) is 5.34. The van der Waals surface area contributed by atoms with Gasteiger partial charge in [-0.25, -0.2) is 9.59 Å². The molecule has 0 atom stereocenters. The molecule has 136 valence electrons. The Hall–Kier alpha value is -3.35. The van der Waals surface area contributed by atoms with Crippen molar-refractivity contribution in [2.45, 2.75) is 13.8 Å². The molecule has 0 fully saturated rings. The second-order valence-corrected chi connectivity index (χ2v) is 5.55. The van der Waals surface area contributed by atoms with Gasteiger partial charge in [0.2, 0.25) is 5.78 Å². The molecule has 2 N–H and O–H groups in total. The number of Topliss-reactive ketones (excluding diaryl/α,β-unsaturated/α-hetero) is 1. The highest BCUT2D eigenvalue weighted by molar-refractivity contribution is 6.33. The van der Waals surface area contributed by atoms with Crippen molar-refractivity contribution in [2.75, 3.05) is 18.5 Å². The van der Waals surface area contributed by atoms with E-state index < -0.39 is 17.7 Å². The van der Waals surface area contributed by atoms with Crippen molar-refractivity contribution < 1.29 is 29.0 Å². The Morgan fingerprint density at radius 2 is 1.77 bits per heavy atom. The number of aryl methyl sites for hydroxylation is 1. The first-order valence-corrected chi connectivity index (χ1v) is 7.90. The summed E-state index contributed by atoms with van der Waals surface area (Å²) in [7, 11) is 0. The van der Waals surface area contributed by atoms with Crippen LogP contribution in [0.2, 0.25) is 0 Å². The fraction of sp³-hybridized carbons (Fsp3) is 0.211. The van der Waals surface area contributed by atoms with E-state index in [0.717, 1.165) is 18.2 Å². The van der Waals surface area contributed by atoms with Crippen molar-refractivity contribution in [3.05, 3.63) is 53.6 Å². The first-order chi connectivity index (χ1) is 12.4. The standard InChI is InChI=1S/C19H19NO6/c1-12-3-6-15(7-4-12)25-10-9-20-14-5-8-17(16(11-14)18(22)23)26-19(24)13(2)21/h3-8,11,20H,9-10H2,1-2H3,(H,22,23). The smallest absolute Gasteiger partial charge is 0.379 e. The molecule has 0 aliphatic carbocycles. The lowest BCUT2D eigenvalue weighted by Crippen LogP contribution is -2.18. The van der Waals surface area contributed by atoms with Crippen LogP contribution in [0.15, 0.2) is 42.5 Å². The molecule has 0 unspecified atom stereocenters. The van der Waals surface area contributed by atoms with Crippen LogP contribution in [0.4, 0.5) is 5.69 Å². The summed E-state index contributed by atoms with van der Waals surface area (Å²) in [6, 6.07) is 11.9. The molecular weight excluding hydrogens is 338 g/mol. The summed E-state index contributed by atoms with van der Waals surface area (Å²) < 4.78 is 10.4. The highest BCUT2D eigenvalue weighted by Crippen LogP contribution is 2.23. The Labute approximate surface area is 150 Å². The summed E-state index contributed by atoms with van der Waals surface area (Å²) in [4.78, 5) is 33.6. The molecule has 7 nitrogen and oxygen atoms in total. The Morgan fingerprint density at radius 1 is 1.08 bits per heavy atom. The van der Waals surface area contributed by atoms with Gasteiger partial charge in [0, 0.05) is 19.2 Å². The maximum Gasteiger partial charge on any atom is 0.379 e. The molecule has 26 heavy (non-hydrogen) atoms. The number of nitrogens with one attached hydrogen (secondary N) is 1. The second kappa shape index (κ2) is 8.66. The Bertz CT molecular complexity index is 813. The van der Waals surface area contributed by atoms with E-state index >= 15 is 0 Å². The molecule has 2 rings (SSSR count). The van der Waals surface area contributed by atoms with Crippen molar-refractivity contribution >= 4 is 23.4 Å². The van der Waals surface area contributed by atoms with Crippen LogP contribution in [0.5, 0.6) is 11.5 Å². The molecule has 0 aliphatic heterocycles. The van der Waals surface area contributed by atoms with E-state index in [0.29, 0.717) is 18.8 Å². The molecule has 0 saturated carbocycles. The molecule has 0 aromatic heterocycles. The number of benzene rings is 2. The Morgan fingerprint density at radius 3 is 2.38 bits per heavy atom. The first-order valence-electron chi connectivity index (χ1n) is 7.90. The van der Waals surface area contributed by atoms with Gasteiger partial charge < -0.3 is 19.9 Å². The fourth-order valence-electron chi connectivity index (χ4n) is 2.07. The van der Waals surface area contributed by atoms with Gasteiger partial charge in [-0.2, -0.15) is 0 Å². The second-order valence-electron chi connectivity index (χ2n) is 5.55. The van der Waals surface area contributed by atoms with Gasteiger partial charge in [-0.15, -0.1) is 0 Å². The minimum atomic E-state index is -1.27. The maximum absolute atomic E-state index is 11.3. The summed E-state index contributed by atoms with van der Waals surface area (Å²) >= 11 is 0. The van der Waals surface area contributed by atoms with Gasteiger partial charge in [0.15, 0.2) is 0 Å². The normalized spacial score (nSPS) is 10.1. The topological polar surface area (TPSA) is 102 Å². The zero-order chi connectivity index (χ0) is 19.1. The van der Waals surface area contributed by atoms with Gasteiger partial charge in [-0.05, 0) is 37.3 Å². The van der Waals surface area contributed by atoms with Gasteiger partial charge in [-0.1, -0.05) is 17.7 Å². The molecule has 0 amide bonds. The zero-order valence-electron chi connectivity index (χ0n) is 14.4. The van der Waals surface area contributed by atoms with E-state index in [1.165, 1.54) is 12.1 Å². The summed E-state index contributed by atoms with van der Waals surface area (Å²) in [6.45, 7) is 3.86. The molecule has 0 heterocycles. The Kier molecular flexibility index (Phi) is 6.32. The first kappa shape index (κ1) is 19.0. The number of carboxylic acids is 1. The fourth-order valence-corrected chi connectivity index (χ4v) is 2.07. The number of carboxylic acid groups (broad SMARTS) is 1. The lowest BCUT2D eigenvalue weighted by molar-refractivity contribution is -0.146. The largest absolute Gasteiger partial charge is 0.492 e. The van der Waals surface area contributed by atoms with E-state index in [4.69, 9.17) is 9.47 Å². The van der Waals surface area contributed by atoms with Crippen molar-refractivity contribution in [3.63, 3.8) is 0 Å². The predicted molar refractivity (Wildman–Crippen MR) is 94.9 cm³/mol. The number of aromatic carboxylic acids is 1. The Balaban J connectivity index is 1.95. The summed E-state index contributed by atoms with van der Waals surface area (Å²) in [5.41, 5.74) is 1.45. The van der Waals surface area contributed by atoms with Gasteiger partial charge in [0.1, 0.15) is 23.7 Å². The highest BCUT2D eigenvalue weighted by atomic mass is 16.5. The van der Waals surface area contributed by atoms with Crippen LogP contribution in [-0.2, 0) is 9.59 Å². The van der Waals surface area contributed by atoms with Crippen molar-refractivity contribution in [3.8, 4) is 11.5 Å². The molecule has 0 bridgehead atoms. The number of hydrogen-bond donors (Lipinski definition) is 2. The maximum atomic E-state index is 11.3. The SMILES string of the molecule is CC(=O)C(=O)Oc1ccc(NCCOc2ccc(C)cc2)cc1C(=O)O. The van der Waals surface area contributed by atoms with Crippen molar-refractivity contribution in [2.24, 2.45) is 0 Å². The molecule has 0 aliphatic rings. The molecule has 0 saturated heterocycles. The van der Waals surface area contributed by atoms with E-state index in [9.17, 15) is 19.5 Å². The number of anilines is 1. The van der Waals surface area contributed by atoms with Gasteiger partial charge in [0.25, 0.3) is 0 Å². The van der Waals surface area contributed by atoms with Crippen LogP contribution in [-0.4, -0.2) is 36.0 Å². The van der Waals surface area contributed by atoms with Crippen molar-refractivity contribution in [1.29, 1.82) is 0 Å². The molecular formula is C19H19NO6. The quantitative estimate of drug-likeness (QED) is 0.324. The lowest BCUT2D eigenvalue weighted by Gasteiger charge is -2.11. The average molecular weight is 357 g/mol. The lowest BCUT2D eigenvalue weighted by atomic mass is 10.1. The van der Waals surface area contributed by atoms with Gasteiger partial charge in [-0.3, -0.25) is 4.79 Å². The number of esters is 1. The third-order valence-corrected chi connectivity index (χ3v) is 3.42. The predicted octanol–water partition coefficient (Wildman–Crippen LogP) is 2.68. The number of rotatable bonds is 8. The van der Waals surface area contributed by atoms with Crippen LogP contribution in [0.1, 0.15) is 22.8 Å². The number of carbonyl (C=O) groups excluding carboxylic acids is 2. The molecule has 7 heteroatoms. The number of ether oxygens (including phenoxy) is 2. The van der Waals surface area contributed by atoms with Crippen LogP contribution in [0, 0.1) is 6.92 Å². The van der Waals surface area contributed by atoms with Crippen LogP contribution in [0.25, 0.3) is 0 Å².